The van der Waals surface area contributed by atoms with Gasteiger partial charge in [-0.2, -0.15) is 0 Å². The molecule has 31 heavy (non-hydrogen) atoms. The third-order valence-electron chi connectivity index (χ3n) is 5.70. The van der Waals surface area contributed by atoms with Crippen molar-refractivity contribution in [2.45, 2.75) is 59.0 Å². The fourth-order valence-corrected chi connectivity index (χ4v) is 3.73. The van der Waals surface area contributed by atoms with Gasteiger partial charge in [-0.3, -0.25) is 14.5 Å². The van der Waals surface area contributed by atoms with Crippen molar-refractivity contribution < 1.29 is 19.1 Å². The third-order valence-corrected chi connectivity index (χ3v) is 5.70. The van der Waals surface area contributed by atoms with Gasteiger partial charge >= 0.3 is 6.03 Å². The summed E-state index contributed by atoms with van der Waals surface area (Å²) in [6.45, 7) is 11.9. The first-order valence-corrected chi connectivity index (χ1v) is 10.5. The molecule has 1 saturated heterocycles. The molecule has 164 valence electrons. The first kappa shape index (κ1) is 22.5. The predicted molar refractivity (Wildman–Crippen MR) is 119 cm³/mol. The summed E-state index contributed by atoms with van der Waals surface area (Å²) < 4.78 is 5.65. The molecule has 3 rings (SSSR count). The Balaban J connectivity index is 1.92. The number of carbonyl (C=O) groups is 3. The highest BCUT2D eigenvalue weighted by atomic mass is 16.5. The van der Waals surface area contributed by atoms with E-state index in [4.69, 9.17) is 4.74 Å². The standard InChI is InChI=1S/C25H30N2O4/c1-7-31-21-13-8-17(16(2)28)14-18(21)15-27-22(29)25(6,26-23(27)30)20-11-9-19(10-12-20)24(3,4)5/h8-14H,7,15H2,1-6H3,(H,26,30)/t25-/m1/s1. The van der Waals surface area contributed by atoms with Crippen LogP contribution in [0.25, 0.3) is 0 Å². The summed E-state index contributed by atoms with van der Waals surface area (Å²) in [5, 5.41) is 2.84. The summed E-state index contributed by atoms with van der Waals surface area (Å²) in [7, 11) is 0. The van der Waals surface area contributed by atoms with E-state index < -0.39 is 11.6 Å². The second kappa shape index (κ2) is 8.17. The van der Waals surface area contributed by atoms with Gasteiger partial charge in [0.25, 0.3) is 5.91 Å². The summed E-state index contributed by atoms with van der Waals surface area (Å²) in [5.41, 5.74) is 1.83. The number of benzene rings is 2. The van der Waals surface area contributed by atoms with Crippen LogP contribution >= 0.6 is 0 Å². The van der Waals surface area contributed by atoms with E-state index in [0.717, 1.165) is 11.1 Å². The lowest BCUT2D eigenvalue weighted by Gasteiger charge is -2.25. The van der Waals surface area contributed by atoms with Gasteiger partial charge in [-0.1, -0.05) is 45.0 Å². The molecule has 1 fully saturated rings. The van der Waals surface area contributed by atoms with Gasteiger partial charge in [-0.25, -0.2) is 4.79 Å². The third kappa shape index (κ3) is 4.33. The van der Waals surface area contributed by atoms with Crippen LogP contribution in [0.2, 0.25) is 0 Å². The molecule has 0 spiro atoms. The Hall–Kier alpha value is -3.15. The lowest BCUT2D eigenvalue weighted by atomic mass is 9.84. The van der Waals surface area contributed by atoms with Crippen LogP contribution in [0.15, 0.2) is 42.5 Å². The largest absolute Gasteiger partial charge is 0.494 e. The number of ether oxygens (including phenoxy) is 1. The first-order chi connectivity index (χ1) is 14.5. The molecule has 0 bridgehead atoms. The van der Waals surface area contributed by atoms with Crippen LogP contribution in [0.4, 0.5) is 4.79 Å². The summed E-state index contributed by atoms with van der Waals surface area (Å²) in [6.07, 6.45) is 0. The summed E-state index contributed by atoms with van der Waals surface area (Å²) in [5.74, 6) is 0.123. The maximum Gasteiger partial charge on any atom is 0.325 e. The van der Waals surface area contributed by atoms with E-state index in [0.29, 0.717) is 23.5 Å². The van der Waals surface area contributed by atoms with Gasteiger partial charge in [-0.05, 0) is 55.5 Å². The number of rotatable bonds is 6. The van der Waals surface area contributed by atoms with E-state index in [1.165, 1.54) is 11.8 Å². The van der Waals surface area contributed by atoms with Gasteiger partial charge in [0.05, 0.1) is 13.2 Å². The van der Waals surface area contributed by atoms with Crippen molar-refractivity contribution in [3.63, 3.8) is 0 Å². The number of nitrogens with one attached hydrogen (secondary N) is 1. The molecule has 0 aliphatic carbocycles. The Kier molecular flexibility index (Phi) is 5.94. The molecule has 1 N–H and O–H groups in total. The average molecular weight is 423 g/mol. The molecule has 6 heteroatoms. The molecule has 1 atom stereocenters. The van der Waals surface area contributed by atoms with Crippen LogP contribution < -0.4 is 10.1 Å². The van der Waals surface area contributed by atoms with Crippen LogP contribution in [-0.4, -0.2) is 29.2 Å². The topological polar surface area (TPSA) is 75.7 Å². The van der Waals surface area contributed by atoms with Gasteiger partial charge in [0, 0.05) is 11.1 Å². The molecule has 0 aromatic heterocycles. The second-order valence-corrected chi connectivity index (χ2v) is 9.09. The molecule has 2 aromatic carbocycles. The van der Waals surface area contributed by atoms with Crippen LogP contribution in [-0.2, 0) is 22.3 Å². The molecule has 0 radical (unpaired) electrons. The van der Waals surface area contributed by atoms with Crippen LogP contribution in [0.5, 0.6) is 5.75 Å². The van der Waals surface area contributed by atoms with Gasteiger partial charge in [0.1, 0.15) is 11.3 Å². The monoisotopic (exact) mass is 422 g/mol. The molecule has 1 aliphatic rings. The fourth-order valence-electron chi connectivity index (χ4n) is 3.73. The summed E-state index contributed by atoms with van der Waals surface area (Å²) in [6, 6.07) is 12.4. The molecular formula is C25H30N2O4. The maximum absolute atomic E-state index is 13.3. The molecule has 1 heterocycles. The fraction of sp³-hybridized carbons (Fsp3) is 0.400. The summed E-state index contributed by atoms with van der Waals surface area (Å²) in [4.78, 5) is 39.1. The lowest BCUT2D eigenvalue weighted by molar-refractivity contribution is -0.131. The molecule has 0 unspecified atom stereocenters. The Labute approximate surface area is 183 Å². The van der Waals surface area contributed by atoms with Crippen molar-refractivity contribution in [3.05, 3.63) is 64.7 Å². The smallest absolute Gasteiger partial charge is 0.325 e. The Morgan fingerprint density at radius 1 is 1.10 bits per heavy atom. The van der Waals surface area contributed by atoms with E-state index in [1.54, 1.807) is 25.1 Å². The molecule has 2 aromatic rings. The zero-order chi connectivity index (χ0) is 23.0. The number of ketones is 1. The predicted octanol–water partition coefficient (Wildman–Crippen LogP) is 4.55. The van der Waals surface area contributed by atoms with Crippen LogP contribution in [0, 0.1) is 0 Å². The number of carbonyl (C=O) groups excluding carboxylic acids is 3. The van der Waals surface area contributed by atoms with Crippen LogP contribution in [0.3, 0.4) is 0 Å². The number of amides is 3. The van der Waals surface area contributed by atoms with Crippen molar-refractivity contribution in [2.75, 3.05) is 6.61 Å². The average Bonchev–Trinajstić information content (AvgIpc) is 2.92. The molecule has 0 saturated carbocycles. The van der Waals surface area contributed by atoms with E-state index in [2.05, 4.69) is 26.1 Å². The van der Waals surface area contributed by atoms with Crippen molar-refractivity contribution in [1.82, 2.24) is 10.2 Å². The van der Waals surface area contributed by atoms with Crippen LogP contribution in [0.1, 0.15) is 68.6 Å². The van der Waals surface area contributed by atoms with Crippen molar-refractivity contribution >= 4 is 17.7 Å². The number of nitrogens with zero attached hydrogens (tertiary/aromatic N) is 1. The van der Waals surface area contributed by atoms with E-state index >= 15 is 0 Å². The highest BCUT2D eigenvalue weighted by Gasteiger charge is 2.49. The van der Waals surface area contributed by atoms with Gasteiger partial charge < -0.3 is 10.1 Å². The number of imide groups is 1. The maximum atomic E-state index is 13.3. The van der Waals surface area contributed by atoms with E-state index in [1.807, 2.05) is 31.2 Å². The second-order valence-electron chi connectivity index (χ2n) is 9.09. The SMILES string of the molecule is CCOc1ccc(C(C)=O)cc1CN1C(=O)N[C@](C)(c2ccc(C(C)(C)C)cc2)C1=O. The minimum absolute atomic E-state index is 0.00812. The molecule has 1 aliphatic heterocycles. The quantitative estimate of drug-likeness (QED) is 0.547. The van der Waals surface area contributed by atoms with E-state index in [9.17, 15) is 14.4 Å². The van der Waals surface area contributed by atoms with Gasteiger partial charge in [-0.15, -0.1) is 0 Å². The number of Topliss-reactive ketones (excluding diaryl/α,β-unsaturated/α-hetero) is 1. The van der Waals surface area contributed by atoms with Crippen molar-refractivity contribution in [2.24, 2.45) is 0 Å². The minimum atomic E-state index is -1.16. The van der Waals surface area contributed by atoms with Crippen molar-refractivity contribution in [1.29, 1.82) is 0 Å². The summed E-state index contributed by atoms with van der Waals surface area (Å²) >= 11 is 0. The molecule has 6 nitrogen and oxygen atoms in total. The molecular weight excluding hydrogens is 392 g/mol. The van der Waals surface area contributed by atoms with Crippen molar-refractivity contribution in [3.8, 4) is 5.75 Å². The zero-order valence-corrected chi connectivity index (χ0v) is 19.0. The zero-order valence-electron chi connectivity index (χ0n) is 19.0. The Morgan fingerprint density at radius 2 is 1.74 bits per heavy atom. The Morgan fingerprint density at radius 3 is 2.29 bits per heavy atom. The highest BCUT2D eigenvalue weighted by Crippen LogP contribution is 2.33. The lowest BCUT2D eigenvalue weighted by Crippen LogP contribution is -2.40. The van der Waals surface area contributed by atoms with Gasteiger partial charge in [0.15, 0.2) is 5.78 Å². The minimum Gasteiger partial charge on any atom is -0.494 e. The van der Waals surface area contributed by atoms with E-state index in [-0.39, 0.29) is 23.7 Å². The van der Waals surface area contributed by atoms with Gasteiger partial charge in [0.2, 0.25) is 0 Å². The normalized spacial score (nSPS) is 18.8. The molecule has 3 amide bonds. The number of urea groups is 1. The Bertz CT molecular complexity index is 1020. The highest BCUT2D eigenvalue weighted by molar-refractivity contribution is 6.07. The number of hydrogen-bond donors (Lipinski definition) is 1. The first-order valence-electron chi connectivity index (χ1n) is 10.5. The number of hydrogen-bond acceptors (Lipinski definition) is 4.